The van der Waals surface area contributed by atoms with Crippen LogP contribution in [0, 0.1) is 5.92 Å². The Labute approximate surface area is 195 Å². The van der Waals surface area contributed by atoms with Crippen LogP contribution in [0.5, 0.6) is 0 Å². The van der Waals surface area contributed by atoms with Crippen molar-refractivity contribution in [2.75, 3.05) is 18.0 Å². The van der Waals surface area contributed by atoms with E-state index in [1.807, 2.05) is 30.0 Å². The van der Waals surface area contributed by atoms with Gasteiger partial charge in [0.05, 0.1) is 10.9 Å². The first-order chi connectivity index (χ1) is 14.2. The predicted octanol–water partition coefficient (Wildman–Crippen LogP) is 5.13. The molecule has 0 saturated carbocycles. The summed E-state index contributed by atoms with van der Waals surface area (Å²) in [6.07, 6.45) is 2.06. The normalized spacial score (nSPS) is 22.2. The fourth-order valence-corrected chi connectivity index (χ4v) is 6.98. The molecule has 1 fully saturated rings. The van der Waals surface area contributed by atoms with Gasteiger partial charge in [-0.25, -0.2) is 8.42 Å². The van der Waals surface area contributed by atoms with E-state index in [-0.39, 0.29) is 28.4 Å². The molecule has 1 saturated heterocycles. The number of halogens is 3. The molecule has 0 aliphatic carbocycles. The third-order valence-corrected chi connectivity index (χ3v) is 8.81. The van der Waals surface area contributed by atoms with Crippen LogP contribution in [0.15, 0.2) is 45.8 Å². The Hall–Kier alpha value is -1.12. The molecule has 2 atom stereocenters. The lowest BCUT2D eigenvalue weighted by molar-refractivity contribution is -0.123. The molecule has 2 aliphatic rings. The molecule has 0 N–H and O–H groups in total. The van der Waals surface area contributed by atoms with E-state index < -0.39 is 15.9 Å². The van der Waals surface area contributed by atoms with Crippen LogP contribution in [0.2, 0.25) is 10.0 Å². The van der Waals surface area contributed by atoms with Gasteiger partial charge in [-0.3, -0.25) is 4.79 Å². The zero-order valence-corrected chi connectivity index (χ0v) is 20.2. The van der Waals surface area contributed by atoms with Gasteiger partial charge in [-0.1, -0.05) is 39.1 Å². The third kappa shape index (κ3) is 4.02. The van der Waals surface area contributed by atoms with Crippen molar-refractivity contribution in [3.63, 3.8) is 0 Å². The van der Waals surface area contributed by atoms with Gasteiger partial charge < -0.3 is 4.90 Å². The minimum Gasteiger partial charge on any atom is -0.309 e. The average Bonchev–Trinajstić information content (AvgIpc) is 3.04. The van der Waals surface area contributed by atoms with Crippen LogP contribution in [-0.2, 0) is 21.2 Å². The van der Waals surface area contributed by atoms with E-state index in [2.05, 4.69) is 15.9 Å². The Balaban J connectivity index is 1.59. The Morgan fingerprint density at radius 1 is 1.17 bits per heavy atom. The number of hydrogen-bond donors (Lipinski definition) is 0. The topological polar surface area (TPSA) is 57.7 Å². The molecule has 2 aromatic rings. The first-order valence-corrected chi connectivity index (χ1v) is 12.7. The van der Waals surface area contributed by atoms with Gasteiger partial charge >= 0.3 is 0 Å². The lowest BCUT2D eigenvalue weighted by atomic mass is 9.97. The quantitative estimate of drug-likeness (QED) is 0.551. The minimum absolute atomic E-state index is 0.0190. The number of piperidine rings is 1. The fraction of sp³-hybridized carbons (Fsp3) is 0.381. The number of hydrogen-bond acceptors (Lipinski definition) is 3. The number of fused-ring (bicyclic) bond motifs is 1. The number of rotatable bonds is 3. The Bertz CT molecular complexity index is 1110. The van der Waals surface area contributed by atoms with Crippen molar-refractivity contribution < 1.29 is 13.2 Å². The second-order valence-corrected chi connectivity index (χ2v) is 11.5. The van der Waals surface area contributed by atoms with Gasteiger partial charge in [0.1, 0.15) is 4.90 Å². The van der Waals surface area contributed by atoms with Gasteiger partial charge in [0.2, 0.25) is 15.9 Å². The standard InChI is InChI=1S/C21H21BrCl2N2O3S/c1-13-9-15-10-16(22)4-7-19(15)26(13)21(27)14-3-2-8-25(12-14)30(28,29)20-11-17(23)5-6-18(20)24/h4-7,10-11,13-14H,2-3,8-9,12H2,1H3. The Morgan fingerprint density at radius 2 is 1.93 bits per heavy atom. The van der Waals surface area contributed by atoms with Crippen molar-refractivity contribution >= 4 is 60.7 Å². The Kier molecular flexibility index (Phi) is 6.21. The van der Waals surface area contributed by atoms with Crippen molar-refractivity contribution in [3.8, 4) is 0 Å². The molecule has 2 unspecified atom stereocenters. The summed E-state index contributed by atoms with van der Waals surface area (Å²) in [6.45, 7) is 2.52. The number of carbonyl (C=O) groups is 1. The van der Waals surface area contributed by atoms with E-state index in [9.17, 15) is 13.2 Å². The zero-order chi connectivity index (χ0) is 21.6. The maximum Gasteiger partial charge on any atom is 0.244 e. The molecule has 0 aromatic heterocycles. The van der Waals surface area contributed by atoms with E-state index in [1.54, 1.807) is 6.07 Å². The molecule has 4 rings (SSSR count). The van der Waals surface area contributed by atoms with Gasteiger partial charge in [0.25, 0.3) is 0 Å². The van der Waals surface area contributed by atoms with E-state index >= 15 is 0 Å². The molecular weight excluding hydrogens is 511 g/mol. The molecule has 2 aliphatic heterocycles. The highest BCUT2D eigenvalue weighted by atomic mass is 79.9. The van der Waals surface area contributed by atoms with Crippen LogP contribution < -0.4 is 4.90 Å². The highest BCUT2D eigenvalue weighted by Gasteiger charge is 2.39. The monoisotopic (exact) mass is 530 g/mol. The lowest BCUT2D eigenvalue weighted by Gasteiger charge is -2.34. The Morgan fingerprint density at radius 3 is 2.70 bits per heavy atom. The number of sulfonamides is 1. The van der Waals surface area contributed by atoms with Crippen LogP contribution in [0.3, 0.4) is 0 Å². The minimum atomic E-state index is -3.84. The predicted molar refractivity (Wildman–Crippen MR) is 123 cm³/mol. The number of amides is 1. The maximum absolute atomic E-state index is 13.4. The molecule has 0 bridgehead atoms. The molecule has 2 heterocycles. The highest BCUT2D eigenvalue weighted by Crippen LogP contribution is 2.37. The number of benzene rings is 2. The second-order valence-electron chi connectivity index (χ2n) is 7.81. The summed E-state index contributed by atoms with van der Waals surface area (Å²) in [5.41, 5.74) is 2.03. The fourth-order valence-electron chi connectivity index (χ4n) is 4.31. The summed E-state index contributed by atoms with van der Waals surface area (Å²) in [7, 11) is -3.84. The van der Waals surface area contributed by atoms with Crippen LogP contribution in [-0.4, -0.2) is 37.8 Å². The van der Waals surface area contributed by atoms with Gasteiger partial charge in [0.15, 0.2) is 0 Å². The lowest BCUT2D eigenvalue weighted by Crippen LogP contribution is -2.48. The number of nitrogens with zero attached hydrogens (tertiary/aromatic N) is 2. The van der Waals surface area contributed by atoms with Crippen molar-refractivity contribution in [2.45, 2.75) is 37.1 Å². The molecule has 9 heteroatoms. The van der Waals surface area contributed by atoms with E-state index in [0.717, 1.165) is 22.1 Å². The van der Waals surface area contributed by atoms with Crippen molar-refractivity contribution in [3.05, 3.63) is 56.5 Å². The molecule has 1 amide bonds. The molecule has 160 valence electrons. The summed E-state index contributed by atoms with van der Waals surface area (Å²) in [6, 6.07) is 10.3. The zero-order valence-electron chi connectivity index (χ0n) is 16.3. The van der Waals surface area contributed by atoms with Crippen LogP contribution in [0.4, 0.5) is 5.69 Å². The number of carbonyl (C=O) groups excluding carboxylic acids is 1. The second kappa shape index (κ2) is 8.43. The maximum atomic E-state index is 13.4. The average molecular weight is 532 g/mol. The molecule has 0 spiro atoms. The van der Waals surface area contributed by atoms with Gasteiger partial charge in [-0.05, 0) is 68.1 Å². The molecular formula is C21H21BrCl2N2O3S. The summed E-state index contributed by atoms with van der Waals surface area (Å²) >= 11 is 15.6. The summed E-state index contributed by atoms with van der Waals surface area (Å²) in [4.78, 5) is 15.2. The summed E-state index contributed by atoms with van der Waals surface area (Å²) in [5.74, 6) is -0.427. The van der Waals surface area contributed by atoms with Crippen molar-refractivity contribution in [1.82, 2.24) is 4.31 Å². The van der Waals surface area contributed by atoms with Gasteiger partial charge in [0, 0.05) is 34.3 Å². The summed E-state index contributed by atoms with van der Waals surface area (Å²) in [5, 5.41) is 0.428. The first kappa shape index (κ1) is 22.1. The summed E-state index contributed by atoms with van der Waals surface area (Å²) < 4.78 is 28.7. The molecule has 5 nitrogen and oxygen atoms in total. The molecule has 0 radical (unpaired) electrons. The van der Waals surface area contributed by atoms with E-state index in [1.165, 1.54) is 16.4 Å². The van der Waals surface area contributed by atoms with Gasteiger partial charge in [-0.2, -0.15) is 4.31 Å². The van der Waals surface area contributed by atoms with E-state index in [0.29, 0.717) is 24.4 Å². The third-order valence-electron chi connectivity index (χ3n) is 5.74. The van der Waals surface area contributed by atoms with Crippen LogP contribution >= 0.6 is 39.1 Å². The van der Waals surface area contributed by atoms with Crippen LogP contribution in [0.1, 0.15) is 25.3 Å². The SMILES string of the molecule is CC1Cc2cc(Br)ccc2N1C(=O)C1CCCN(S(=O)(=O)c2cc(Cl)ccc2Cl)C1. The largest absolute Gasteiger partial charge is 0.309 e. The molecule has 30 heavy (non-hydrogen) atoms. The number of anilines is 1. The van der Waals surface area contributed by atoms with Crippen LogP contribution in [0.25, 0.3) is 0 Å². The van der Waals surface area contributed by atoms with E-state index in [4.69, 9.17) is 23.2 Å². The molecule has 2 aromatic carbocycles. The van der Waals surface area contributed by atoms with Gasteiger partial charge in [-0.15, -0.1) is 0 Å². The van der Waals surface area contributed by atoms with Crippen molar-refractivity contribution in [1.29, 1.82) is 0 Å². The van der Waals surface area contributed by atoms with Crippen molar-refractivity contribution in [2.24, 2.45) is 5.92 Å². The smallest absolute Gasteiger partial charge is 0.244 e. The first-order valence-electron chi connectivity index (χ1n) is 9.75. The highest BCUT2D eigenvalue weighted by molar-refractivity contribution is 9.10.